The minimum atomic E-state index is 0.347. The molecule has 0 saturated heterocycles. The van der Waals surface area contributed by atoms with Crippen LogP contribution in [0.5, 0.6) is 0 Å². The van der Waals surface area contributed by atoms with E-state index >= 15 is 0 Å². The molecule has 0 bridgehead atoms. The Kier molecular flexibility index (Phi) is 5.00. The van der Waals surface area contributed by atoms with E-state index in [1.165, 1.54) is 18.5 Å². The monoisotopic (exact) mass is 223 g/mol. The maximum absolute atomic E-state index is 4.24. The first-order valence-corrected chi connectivity index (χ1v) is 6.29. The minimum absolute atomic E-state index is 0.347. The van der Waals surface area contributed by atoms with E-state index in [1.807, 2.05) is 12.5 Å². The molecule has 3 nitrogen and oxygen atoms in total. The molecule has 0 saturated carbocycles. The molecule has 1 N–H and O–H groups in total. The van der Waals surface area contributed by atoms with E-state index in [9.17, 15) is 0 Å². The third-order valence-corrected chi connectivity index (χ3v) is 3.09. The van der Waals surface area contributed by atoms with Crippen molar-refractivity contribution in [3.8, 4) is 0 Å². The predicted molar refractivity (Wildman–Crippen MR) is 68.3 cm³/mol. The van der Waals surface area contributed by atoms with Gasteiger partial charge in [-0.05, 0) is 24.8 Å². The number of rotatable bonds is 7. The molecule has 0 unspecified atom stereocenters. The van der Waals surface area contributed by atoms with Gasteiger partial charge in [0.1, 0.15) is 0 Å². The molecule has 3 heteroatoms. The highest BCUT2D eigenvalue weighted by Gasteiger charge is 2.16. The highest BCUT2D eigenvalue weighted by Crippen LogP contribution is 2.22. The van der Waals surface area contributed by atoms with Crippen molar-refractivity contribution in [2.24, 2.45) is 5.41 Å². The van der Waals surface area contributed by atoms with Gasteiger partial charge in [-0.25, -0.2) is 4.98 Å². The average molecular weight is 223 g/mol. The molecule has 1 aromatic heterocycles. The summed E-state index contributed by atoms with van der Waals surface area (Å²) in [6.45, 7) is 12.1. The van der Waals surface area contributed by atoms with Gasteiger partial charge in [-0.2, -0.15) is 0 Å². The van der Waals surface area contributed by atoms with Crippen LogP contribution in [-0.2, 0) is 13.1 Å². The number of hydrogen-bond donors (Lipinski definition) is 1. The lowest BCUT2D eigenvalue weighted by Crippen LogP contribution is -2.22. The molecule has 92 valence electrons. The Morgan fingerprint density at radius 3 is 2.75 bits per heavy atom. The van der Waals surface area contributed by atoms with Crippen LogP contribution in [0.3, 0.4) is 0 Å². The van der Waals surface area contributed by atoms with Crippen LogP contribution in [0.25, 0.3) is 0 Å². The molecule has 0 spiro atoms. The van der Waals surface area contributed by atoms with Crippen molar-refractivity contribution >= 4 is 0 Å². The summed E-state index contributed by atoms with van der Waals surface area (Å²) >= 11 is 0. The molecule has 0 amide bonds. The minimum Gasteiger partial charge on any atom is -0.333 e. The Morgan fingerprint density at radius 2 is 2.12 bits per heavy atom. The molecule has 1 rings (SSSR count). The van der Waals surface area contributed by atoms with Crippen molar-refractivity contribution < 1.29 is 0 Å². The van der Waals surface area contributed by atoms with Gasteiger partial charge in [-0.1, -0.05) is 27.7 Å². The van der Waals surface area contributed by atoms with E-state index in [1.54, 1.807) is 0 Å². The Morgan fingerprint density at radius 1 is 1.38 bits per heavy atom. The molecule has 16 heavy (non-hydrogen) atoms. The van der Waals surface area contributed by atoms with Gasteiger partial charge in [0.05, 0.1) is 12.0 Å². The van der Waals surface area contributed by atoms with Gasteiger partial charge in [-0.15, -0.1) is 0 Å². The number of nitrogens with zero attached hydrogens (tertiary/aromatic N) is 2. The van der Waals surface area contributed by atoms with Gasteiger partial charge in [-0.3, -0.25) is 0 Å². The Hall–Kier alpha value is -0.830. The number of imidazole rings is 1. The van der Waals surface area contributed by atoms with Crippen molar-refractivity contribution in [3.05, 3.63) is 18.2 Å². The topological polar surface area (TPSA) is 29.9 Å². The molecule has 0 aliphatic rings. The van der Waals surface area contributed by atoms with Gasteiger partial charge >= 0.3 is 0 Å². The quantitative estimate of drug-likeness (QED) is 0.720. The van der Waals surface area contributed by atoms with Crippen LogP contribution in [0.15, 0.2) is 12.5 Å². The summed E-state index contributed by atoms with van der Waals surface area (Å²) in [7, 11) is 0. The average Bonchev–Trinajstić information content (AvgIpc) is 2.66. The van der Waals surface area contributed by atoms with Crippen LogP contribution in [0.4, 0.5) is 0 Å². The van der Waals surface area contributed by atoms with Gasteiger partial charge < -0.3 is 9.88 Å². The van der Waals surface area contributed by atoms with E-state index in [2.05, 4.69) is 42.6 Å². The van der Waals surface area contributed by atoms with Crippen molar-refractivity contribution in [3.63, 3.8) is 0 Å². The summed E-state index contributed by atoms with van der Waals surface area (Å²) in [6.07, 6.45) is 6.27. The normalized spacial score (nSPS) is 12.0. The van der Waals surface area contributed by atoms with E-state index < -0.39 is 0 Å². The molecular formula is C13H25N3. The van der Waals surface area contributed by atoms with Gasteiger partial charge in [0.15, 0.2) is 0 Å². The molecule has 0 aliphatic heterocycles. The van der Waals surface area contributed by atoms with Crippen molar-refractivity contribution in [1.29, 1.82) is 0 Å². The summed E-state index contributed by atoms with van der Waals surface area (Å²) in [5.74, 6) is 0. The molecule has 0 radical (unpaired) electrons. The SMILES string of the molecule is CCCNCc1cncn1CC(C)(C)CC. The second kappa shape index (κ2) is 6.04. The van der Waals surface area contributed by atoms with Crippen LogP contribution >= 0.6 is 0 Å². The predicted octanol–water partition coefficient (Wildman–Crippen LogP) is 2.82. The first kappa shape index (κ1) is 13.2. The summed E-state index contributed by atoms with van der Waals surface area (Å²) in [5, 5.41) is 3.42. The van der Waals surface area contributed by atoms with Crippen molar-refractivity contribution in [2.45, 2.75) is 53.6 Å². The highest BCUT2D eigenvalue weighted by molar-refractivity contribution is 4.98. The molecule has 0 aromatic carbocycles. The van der Waals surface area contributed by atoms with Gasteiger partial charge in [0, 0.05) is 19.3 Å². The lowest BCUT2D eigenvalue weighted by Gasteiger charge is -2.24. The van der Waals surface area contributed by atoms with Gasteiger partial charge in [0.2, 0.25) is 0 Å². The van der Waals surface area contributed by atoms with Crippen molar-refractivity contribution in [1.82, 2.24) is 14.9 Å². The van der Waals surface area contributed by atoms with E-state index in [0.717, 1.165) is 19.6 Å². The Balaban J connectivity index is 2.56. The van der Waals surface area contributed by atoms with Crippen LogP contribution in [0.2, 0.25) is 0 Å². The fourth-order valence-electron chi connectivity index (χ4n) is 1.60. The molecule has 1 aromatic rings. The molecule has 0 aliphatic carbocycles. The highest BCUT2D eigenvalue weighted by atomic mass is 15.1. The van der Waals surface area contributed by atoms with Gasteiger partial charge in [0.25, 0.3) is 0 Å². The number of hydrogen-bond acceptors (Lipinski definition) is 2. The summed E-state index contributed by atoms with van der Waals surface area (Å²) < 4.78 is 2.27. The molecular weight excluding hydrogens is 198 g/mol. The van der Waals surface area contributed by atoms with E-state index in [-0.39, 0.29) is 0 Å². The van der Waals surface area contributed by atoms with Crippen LogP contribution in [0, 0.1) is 5.41 Å². The third-order valence-electron chi connectivity index (χ3n) is 3.09. The Labute approximate surface area is 99.3 Å². The maximum atomic E-state index is 4.24. The van der Waals surface area contributed by atoms with Crippen LogP contribution < -0.4 is 5.32 Å². The second-order valence-corrected chi connectivity index (χ2v) is 5.21. The first-order valence-electron chi connectivity index (χ1n) is 6.29. The van der Waals surface area contributed by atoms with Crippen LogP contribution in [0.1, 0.15) is 46.2 Å². The molecule has 1 heterocycles. The largest absolute Gasteiger partial charge is 0.333 e. The number of nitrogens with one attached hydrogen (secondary N) is 1. The van der Waals surface area contributed by atoms with E-state index in [0.29, 0.717) is 5.41 Å². The Bertz CT molecular complexity index is 302. The fourth-order valence-corrected chi connectivity index (χ4v) is 1.60. The zero-order valence-electron chi connectivity index (χ0n) is 11.1. The maximum Gasteiger partial charge on any atom is 0.0948 e. The first-order chi connectivity index (χ1) is 7.59. The smallest absolute Gasteiger partial charge is 0.0948 e. The lowest BCUT2D eigenvalue weighted by atomic mass is 9.90. The standard InChI is InChI=1S/C13H25N3/c1-5-7-14-8-12-9-15-11-16(12)10-13(3,4)6-2/h9,11,14H,5-8,10H2,1-4H3. The third kappa shape index (κ3) is 3.97. The van der Waals surface area contributed by atoms with Crippen molar-refractivity contribution in [2.75, 3.05) is 6.54 Å². The summed E-state index contributed by atoms with van der Waals surface area (Å²) in [4.78, 5) is 4.24. The van der Waals surface area contributed by atoms with E-state index in [4.69, 9.17) is 0 Å². The molecule has 0 atom stereocenters. The number of aromatic nitrogens is 2. The summed E-state index contributed by atoms with van der Waals surface area (Å²) in [5.41, 5.74) is 1.63. The zero-order valence-corrected chi connectivity index (χ0v) is 11.1. The zero-order chi connectivity index (χ0) is 12.0. The molecule has 0 fully saturated rings. The lowest BCUT2D eigenvalue weighted by molar-refractivity contribution is 0.290. The summed E-state index contributed by atoms with van der Waals surface area (Å²) in [6, 6.07) is 0. The second-order valence-electron chi connectivity index (χ2n) is 5.21. The fraction of sp³-hybridized carbons (Fsp3) is 0.769. The van der Waals surface area contributed by atoms with Crippen LogP contribution in [-0.4, -0.2) is 16.1 Å².